The standard InChI is InChI=1S/C19H22N2OS/c23-19(20-14-17-12-7-13-22-17)21-18(15-8-3-1-4-9-15)16-10-5-2-6-11-16/h1-6,8-11,17-18H,7,12-14H2,(H2,20,21,23)/t17-/m1/s1. The van der Waals surface area contributed by atoms with Gasteiger partial charge in [0, 0.05) is 13.2 Å². The third-order valence-corrected chi connectivity index (χ3v) is 4.32. The van der Waals surface area contributed by atoms with Crippen LogP contribution < -0.4 is 10.6 Å². The largest absolute Gasteiger partial charge is 0.376 e. The molecule has 1 heterocycles. The van der Waals surface area contributed by atoms with Gasteiger partial charge in [0.2, 0.25) is 0 Å². The Labute approximate surface area is 143 Å². The van der Waals surface area contributed by atoms with Gasteiger partial charge in [0.15, 0.2) is 5.11 Å². The van der Waals surface area contributed by atoms with Gasteiger partial charge in [-0.3, -0.25) is 0 Å². The Bertz CT molecular complexity index is 572. The first-order valence-electron chi connectivity index (χ1n) is 8.09. The maximum absolute atomic E-state index is 5.63. The minimum Gasteiger partial charge on any atom is -0.376 e. The zero-order chi connectivity index (χ0) is 15.9. The van der Waals surface area contributed by atoms with Crippen molar-refractivity contribution in [2.75, 3.05) is 13.2 Å². The van der Waals surface area contributed by atoms with E-state index in [0.717, 1.165) is 26.0 Å². The molecule has 0 saturated carbocycles. The molecule has 0 aromatic heterocycles. The van der Waals surface area contributed by atoms with Gasteiger partial charge in [0.05, 0.1) is 12.1 Å². The van der Waals surface area contributed by atoms with Crippen molar-refractivity contribution in [1.29, 1.82) is 0 Å². The molecule has 1 saturated heterocycles. The van der Waals surface area contributed by atoms with E-state index < -0.39 is 0 Å². The SMILES string of the molecule is S=C(NC[C@H]1CCCO1)NC(c1ccccc1)c1ccccc1. The highest BCUT2D eigenvalue weighted by atomic mass is 32.1. The first kappa shape index (κ1) is 16.0. The van der Waals surface area contributed by atoms with Crippen LogP contribution in [0.1, 0.15) is 30.0 Å². The zero-order valence-electron chi connectivity index (χ0n) is 13.1. The van der Waals surface area contributed by atoms with Gasteiger partial charge in [0.1, 0.15) is 0 Å². The lowest BCUT2D eigenvalue weighted by atomic mass is 9.99. The Balaban J connectivity index is 1.67. The van der Waals surface area contributed by atoms with Crippen LogP contribution in [0.25, 0.3) is 0 Å². The fraction of sp³-hybridized carbons (Fsp3) is 0.316. The van der Waals surface area contributed by atoms with Gasteiger partial charge in [-0.1, -0.05) is 60.7 Å². The van der Waals surface area contributed by atoms with Crippen LogP contribution in [0.4, 0.5) is 0 Å². The number of thiocarbonyl (C=S) groups is 1. The molecule has 2 aromatic rings. The molecule has 0 amide bonds. The summed E-state index contributed by atoms with van der Waals surface area (Å²) in [6.45, 7) is 1.63. The summed E-state index contributed by atoms with van der Waals surface area (Å²) in [5.74, 6) is 0. The average Bonchev–Trinajstić information content (AvgIpc) is 3.13. The van der Waals surface area contributed by atoms with Gasteiger partial charge in [-0.25, -0.2) is 0 Å². The predicted octanol–water partition coefficient (Wildman–Crippen LogP) is 3.42. The van der Waals surface area contributed by atoms with Crippen molar-refractivity contribution in [2.45, 2.75) is 25.0 Å². The van der Waals surface area contributed by atoms with E-state index in [0.29, 0.717) is 5.11 Å². The molecule has 1 aliphatic rings. The lowest BCUT2D eigenvalue weighted by Gasteiger charge is -2.22. The minimum absolute atomic E-state index is 0.0434. The fourth-order valence-electron chi connectivity index (χ4n) is 2.84. The number of hydrogen-bond donors (Lipinski definition) is 2. The van der Waals surface area contributed by atoms with Gasteiger partial charge in [-0.15, -0.1) is 0 Å². The first-order valence-corrected chi connectivity index (χ1v) is 8.49. The zero-order valence-corrected chi connectivity index (χ0v) is 13.9. The van der Waals surface area contributed by atoms with E-state index in [2.05, 4.69) is 59.2 Å². The van der Waals surface area contributed by atoms with Crippen LogP contribution in [0.5, 0.6) is 0 Å². The van der Waals surface area contributed by atoms with E-state index in [1.807, 2.05) is 12.1 Å². The molecule has 120 valence electrons. The molecule has 2 N–H and O–H groups in total. The summed E-state index contributed by atoms with van der Waals surface area (Å²) in [5, 5.41) is 7.39. The molecular formula is C19H22N2OS. The lowest BCUT2D eigenvalue weighted by Crippen LogP contribution is -2.41. The molecule has 3 nitrogen and oxygen atoms in total. The average molecular weight is 326 g/mol. The maximum Gasteiger partial charge on any atom is 0.167 e. The van der Waals surface area contributed by atoms with Crippen LogP contribution in [0, 0.1) is 0 Å². The monoisotopic (exact) mass is 326 g/mol. The van der Waals surface area contributed by atoms with Crippen molar-refractivity contribution in [3.63, 3.8) is 0 Å². The topological polar surface area (TPSA) is 33.3 Å². The van der Waals surface area contributed by atoms with Crippen LogP contribution in [-0.2, 0) is 4.74 Å². The highest BCUT2D eigenvalue weighted by molar-refractivity contribution is 7.80. The van der Waals surface area contributed by atoms with Crippen molar-refractivity contribution >= 4 is 17.3 Å². The Kier molecular flexibility index (Phi) is 5.61. The Hall–Kier alpha value is -1.91. The molecule has 0 bridgehead atoms. The predicted molar refractivity (Wildman–Crippen MR) is 97.4 cm³/mol. The number of rotatable bonds is 5. The van der Waals surface area contributed by atoms with Gasteiger partial charge < -0.3 is 15.4 Å². The maximum atomic E-state index is 5.63. The second-order valence-electron chi connectivity index (χ2n) is 5.74. The molecule has 1 atom stereocenters. The van der Waals surface area contributed by atoms with Gasteiger partial charge >= 0.3 is 0 Å². The molecule has 0 spiro atoms. The third-order valence-electron chi connectivity index (χ3n) is 4.06. The van der Waals surface area contributed by atoms with Crippen molar-refractivity contribution in [1.82, 2.24) is 10.6 Å². The van der Waals surface area contributed by atoms with Crippen molar-refractivity contribution in [3.05, 3.63) is 71.8 Å². The molecule has 3 rings (SSSR count). The Morgan fingerprint density at radius 1 is 1.04 bits per heavy atom. The van der Waals surface area contributed by atoms with Gasteiger partial charge in [0.25, 0.3) is 0 Å². The lowest BCUT2D eigenvalue weighted by molar-refractivity contribution is 0.114. The molecular weight excluding hydrogens is 304 g/mol. The third kappa shape index (κ3) is 4.53. The van der Waals surface area contributed by atoms with E-state index in [-0.39, 0.29) is 12.1 Å². The fourth-order valence-corrected chi connectivity index (χ4v) is 3.05. The summed E-state index contributed by atoms with van der Waals surface area (Å²) >= 11 is 5.49. The summed E-state index contributed by atoms with van der Waals surface area (Å²) in [7, 11) is 0. The van der Waals surface area contributed by atoms with E-state index in [1.165, 1.54) is 11.1 Å². The molecule has 0 radical (unpaired) electrons. The smallest absolute Gasteiger partial charge is 0.167 e. The first-order chi connectivity index (χ1) is 11.3. The van der Waals surface area contributed by atoms with E-state index >= 15 is 0 Å². The van der Waals surface area contributed by atoms with Crippen molar-refractivity contribution < 1.29 is 4.74 Å². The molecule has 0 unspecified atom stereocenters. The summed E-state index contributed by atoms with van der Waals surface area (Å²) in [6, 6.07) is 20.8. The van der Waals surface area contributed by atoms with Gasteiger partial charge in [-0.2, -0.15) is 0 Å². The molecule has 23 heavy (non-hydrogen) atoms. The van der Waals surface area contributed by atoms with Crippen LogP contribution in [0.3, 0.4) is 0 Å². The summed E-state index contributed by atoms with van der Waals surface area (Å²) in [6.07, 6.45) is 2.53. The molecule has 1 aliphatic heterocycles. The van der Waals surface area contributed by atoms with E-state index in [4.69, 9.17) is 17.0 Å². The highest BCUT2D eigenvalue weighted by Crippen LogP contribution is 2.21. The highest BCUT2D eigenvalue weighted by Gasteiger charge is 2.17. The van der Waals surface area contributed by atoms with Crippen molar-refractivity contribution in [3.8, 4) is 0 Å². The number of hydrogen-bond acceptors (Lipinski definition) is 2. The molecule has 1 fully saturated rings. The van der Waals surface area contributed by atoms with E-state index in [9.17, 15) is 0 Å². The molecule has 4 heteroatoms. The minimum atomic E-state index is 0.0434. The summed E-state index contributed by atoms with van der Waals surface area (Å²) < 4.78 is 5.63. The number of benzene rings is 2. The van der Waals surface area contributed by atoms with Crippen LogP contribution in [0.15, 0.2) is 60.7 Å². The quantitative estimate of drug-likeness (QED) is 0.825. The molecule has 2 aromatic carbocycles. The second kappa shape index (κ2) is 8.09. The summed E-state index contributed by atoms with van der Waals surface area (Å²) in [4.78, 5) is 0. The van der Waals surface area contributed by atoms with Crippen LogP contribution >= 0.6 is 12.2 Å². The van der Waals surface area contributed by atoms with Gasteiger partial charge in [-0.05, 0) is 36.2 Å². The number of ether oxygens (including phenoxy) is 1. The van der Waals surface area contributed by atoms with Crippen molar-refractivity contribution in [2.24, 2.45) is 0 Å². The van der Waals surface area contributed by atoms with E-state index in [1.54, 1.807) is 0 Å². The number of nitrogens with one attached hydrogen (secondary N) is 2. The van der Waals surface area contributed by atoms with Crippen LogP contribution in [-0.4, -0.2) is 24.4 Å². The normalized spacial score (nSPS) is 17.2. The van der Waals surface area contributed by atoms with Crippen LogP contribution in [0.2, 0.25) is 0 Å². The Morgan fingerprint density at radius 3 is 2.17 bits per heavy atom. The molecule has 0 aliphatic carbocycles. The summed E-state index contributed by atoms with van der Waals surface area (Å²) in [5.41, 5.74) is 2.39. The second-order valence-corrected chi connectivity index (χ2v) is 6.15. The Morgan fingerprint density at radius 2 is 1.65 bits per heavy atom.